The topological polar surface area (TPSA) is 85.6 Å². The van der Waals surface area contributed by atoms with Gasteiger partial charge in [-0.3, -0.25) is 9.59 Å². The maximum absolute atomic E-state index is 13.0. The van der Waals surface area contributed by atoms with Crippen LogP contribution in [0.3, 0.4) is 0 Å². The van der Waals surface area contributed by atoms with E-state index in [1.807, 2.05) is 36.4 Å². The fourth-order valence-electron chi connectivity index (χ4n) is 4.24. The molecule has 0 spiro atoms. The van der Waals surface area contributed by atoms with Crippen molar-refractivity contribution < 1.29 is 18.7 Å². The molecule has 0 aliphatic heterocycles. The van der Waals surface area contributed by atoms with E-state index in [-0.39, 0.29) is 18.0 Å². The monoisotopic (exact) mass is 523 g/mol. The summed E-state index contributed by atoms with van der Waals surface area (Å²) in [7, 11) is 0. The van der Waals surface area contributed by atoms with Crippen LogP contribution in [0.4, 0.5) is 5.69 Å². The molecular weight excluding hydrogens is 502 g/mol. The number of carbonyl (C=O) groups excluding carboxylic acids is 2. The lowest BCUT2D eigenvalue weighted by molar-refractivity contribution is -0.118. The van der Waals surface area contributed by atoms with E-state index >= 15 is 0 Å². The molecule has 5 rings (SSSR count). The largest absolute Gasteiger partial charge is 0.483 e. The first-order valence-electron chi connectivity index (χ1n) is 11.9. The summed E-state index contributed by atoms with van der Waals surface area (Å²) in [5.74, 6) is -0.329. The molecule has 4 aromatic carbocycles. The summed E-state index contributed by atoms with van der Waals surface area (Å²) >= 11 is 6.13. The molecule has 1 amide bonds. The van der Waals surface area contributed by atoms with Crippen molar-refractivity contribution in [2.45, 2.75) is 6.92 Å². The fourth-order valence-corrected chi connectivity index (χ4v) is 4.42. The number of amides is 1. The van der Waals surface area contributed by atoms with Crippen molar-refractivity contribution in [3.8, 4) is 16.9 Å². The molecule has 0 saturated heterocycles. The molecule has 0 bridgehead atoms. The number of anilines is 1. The Morgan fingerprint density at radius 2 is 1.61 bits per heavy atom. The molecule has 5 aromatic rings. The first-order chi connectivity index (χ1) is 18.4. The standard InChI is InChI=1S/C31H22ClNO5/c1-19-27(15-13-23-24(17-29(35)38-31(19)23)20-8-4-2-5-9-20)37-18-28(34)33-26-14-12-22(32)16-25(26)30(36)21-10-6-3-7-11-21/h2-17H,18H2,1H3,(H,33,34). The van der Waals surface area contributed by atoms with Gasteiger partial charge in [-0.2, -0.15) is 0 Å². The Kier molecular flexibility index (Phi) is 7.07. The zero-order chi connectivity index (χ0) is 26.6. The molecule has 6 nitrogen and oxygen atoms in total. The molecule has 0 fully saturated rings. The summed E-state index contributed by atoms with van der Waals surface area (Å²) in [5.41, 5.74) is 3.22. The van der Waals surface area contributed by atoms with Crippen LogP contribution >= 0.6 is 11.6 Å². The van der Waals surface area contributed by atoms with Crippen molar-refractivity contribution in [1.29, 1.82) is 0 Å². The van der Waals surface area contributed by atoms with Crippen LogP contribution in [0.1, 0.15) is 21.5 Å². The van der Waals surface area contributed by atoms with E-state index in [1.54, 1.807) is 55.5 Å². The Bertz CT molecular complexity index is 1710. The molecule has 0 radical (unpaired) electrons. The molecule has 0 saturated carbocycles. The van der Waals surface area contributed by atoms with Gasteiger partial charge in [-0.25, -0.2) is 4.79 Å². The van der Waals surface area contributed by atoms with E-state index in [0.717, 1.165) is 16.5 Å². The second-order valence-corrected chi connectivity index (χ2v) is 9.07. The smallest absolute Gasteiger partial charge is 0.336 e. The van der Waals surface area contributed by atoms with Gasteiger partial charge in [0, 0.05) is 33.2 Å². The first-order valence-corrected chi connectivity index (χ1v) is 12.2. The van der Waals surface area contributed by atoms with Gasteiger partial charge in [-0.05, 0) is 48.4 Å². The van der Waals surface area contributed by atoms with Crippen LogP contribution in [0.25, 0.3) is 22.1 Å². The van der Waals surface area contributed by atoms with Gasteiger partial charge >= 0.3 is 5.63 Å². The van der Waals surface area contributed by atoms with E-state index < -0.39 is 11.5 Å². The maximum Gasteiger partial charge on any atom is 0.336 e. The highest BCUT2D eigenvalue weighted by Crippen LogP contribution is 2.33. The molecule has 0 aliphatic rings. The van der Waals surface area contributed by atoms with Crippen LogP contribution in [0.15, 0.2) is 106 Å². The van der Waals surface area contributed by atoms with Gasteiger partial charge in [0.25, 0.3) is 5.91 Å². The second-order valence-electron chi connectivity index (χ2n) is 8.63. The number of nitrogens with one attached hydrogen (secondary N) is 1. The highest BCUT2D eigenvalue weighted by atomic mass is 35.5. The van der Waals surface area contributed by atoms with Gasteiger partial charge in [-0.15, -0.1) is 0 Å². The highest BCUT2D eigenvalue weighted by molar-refractivity contribution is 6.31. The quantitative estimate of drug-likeness (QED) is 0.190. The number of carbonyl (C=O) groups is 2. The third kappa shape index (κ3) is 5.21. The summed E-state index contributed by atoms with van der Waals surface area (Å²) < 4.78 is 11.3. The molecule has 0 aliphatic carbocycles. The van der Waals surface area contributed by atoms with Crippen LogP contribution < -0.4 is 15.7 Å². The third-order valence-corrected chi connectivity index (χ3v) is 6.33. The van der Waals surface area contributed by atoms with E-state index in [2.05, 4.69) is 5.32 Å². The minimum Gasteiger partial charge on any atom is -0.483 e. The van der Waals surface area contributed by atoms with Crippen LogP contribution in [-0.4, -0.2) is 18.3 Å². The molecular formula is C31H22ClNO5. The number of benzene rings is 4. The molecule has 7 heteroatoms. The minimum absolute atomic E-state index is 0.265. The van der Waals surface area contributed by atoms with E-state index in [0.29, 0.717) is 33.2 Å². The predicted octanol–water partition coefficient (Wildman–Crippen LogP) is 6.67. The van der Waals surface area contributed by atoms with Gasteiger partial charge in [0.15, 0.2) is 12.4 Å². The predicted molar refractivity (Wildman–Crippen MR) is 148 cm³/mol. The highest BCUT2D eigenvalue weighted by Gasteiger charge is 2.18. The summed E-state index contributed by atoms with van der Waals surface area (Å²) in [5, 5.41) is 3.87. The average Bonchev–Trinajstić information content (AvgIpc) is 2.94. The van der Waals surface area contributed by atoms with Gasteiger partial charge in [0.1, 0.15) is 11.3 Å². The van der Waals surface area contributed by atoms with E-state index in [4.69, 9.17) is 20.8 Å². The zero-order valence-electron chi connectivity index (χ0n) is 20.4. The summed E-state index contributed by atoms with van der Waals surface area (Å²) in [6, 6.07) is 28.0. The van der Waals surface area contributed by atoms with Crippen LogP contribution in [0.2, 0.25) is 5.02 Å². The number of hydrogen-bond donors (Lipinski definition) is 1. The molecule has 1 N–H and O–H groups in total. The lowest BCUT2D eigenvalue weighted by Crippen LogP contribution is -2.22. The third-order valence-electron chi connectivity index (χ3n) is 6.09. The van der Waals surface area contributed by atoms with Crippen molar-refractivity contribution in [1.82, 2.24) is 0 Å². The zero-order valence-corrected chi connectivity index (χ0v) is 21.1. The van der Waals surface area contributed by atoms with Crippen LogP contribution in [-0.2, 0) is 4.79 Å². The van der Waals surface area contributed by atoms with Crippen molar-refractivity contribution in [2.24, 2.45) is 0 Å². The Hall–Kier alpha value is -4.68. The molecule has 0 atom stereocenters. The second kappa shape index (κ2) is 10.7. The number of hydrogen-bond acceptors (Lipinski definition) is 5. The normalized spacial score (nSPS) is 10.8. The van der Waals surface area contributed by atoms with Crippen LogP contribution in [0.5, 0.6) is 5.75 Å². The first kappa shape index (κ1) is 25.0. The van der Waals surface area contributed by atoms with Crippen molar-refractivity contribution >= 4 is 39.9 Å². The van der Waals surface area contributed by atoms with Gasteiger partial charge in [-0.1, -0.05) is 72.3 Å². The summed E-state index contributed by atoms with van der Waals surface area (Å²) in [4.78, 5) is 38.1. The van der Waals surface area contributed by atoms with Gasteiger partial charge in [0.05, 0.1) is 5.69 Å². The Balaban J connectivity index is 1.37. The fraction of sp³-hybridized carbons (Fsp3) is 0.0645. The summed E-state index contributed by atoms with van der Waals surface area (Å²) in [6.45, 7) is 1.44. The van der Waals surface area contributed by atoms with Crippen LogP contribution in [0, 0.1) is 6.92 Å². The lowest BCUT2D eigenvalue weighted by Gasteiger charge is -2.14. The van der Waals surface area contributed by atoms with Gasteiger partial charge < -0.3 is 14.5 Å². The summed E-state index contributed by atoms with van der Waals surface area (Å²) in [6.07, 6.45) is 0. The molecule has 188 valence electrons. The van der Waals surface area contributed by atoms with Crippen molar-refractivity contribution in [2.75, 3.05) is 11.9 Å². The van der Waals surface area contributed by atoms with Crippen molar-refractivity contribution in [3.05, 3.63) is 129 Å². The number of fused-ring (bicyclic) bond motifs is 1. The Morgan fingerprint density at radius 3 is 2.34 bits per heavy atom. The van der Waals surface area contributed by atoms with Crippen molar-refractivity contribution in [3.63, 3.8) is 0 Å². The van der Waals surface area contributed by atoms with Gasteiger partial charge in [0.2, 0.25) is 0 Å². The van der Waals surface area contributed by atoms with E-state index in [1.165, 1.54) is 12.1 Å². The number of ketones is 1. The van der Waals surface area contributed by atoms with E-state index in [9.17, 15) is 14.4 Å². The minimum atomic E-state index is -0.479. The molecule has 0 unspecified atom stereocenters. The number of halogens is 1. The molecule has 1 heterocycles. The maximum atomic E-state index is 13.0. The number of aryl methyl sites for hydroxylation is 1. The number of ether oxygens (including phenoxy) is 1. The molecule has 1 aromatic heterocycles. The number of rotatable bonds is 7. The molecule has 38 heavy (non-hydrogen) atoms. The Morgan fingerprint density at radius 1 is 0.895 bits per heavy atom. The SMILES string of the molecule is Cc1c(OCC(=O)Nc2ccc(Cl)cc2C(=O)c2ccccc2)ccc2c(-c3ccccc3)cc(=O)oc12. The average molecular weight is 524 g/mol. The lowest BCUT2D eigenvalue weighted by atomic mass is 10.0. The Labute approximate surface area is 223 Å².